The number of aryl methyl sites for hydroxylation is 1. The van der Waals surface area contributed by atoms with Crippen LogP contribution in [0.15, 0.2) is 36.4 Å². The molecule has 0 aliphatic rings. The van der Waals surface area contributed by atoms with Crippen molar-refractivity contribution in [2.75, 3.05) is 30.8 Å². The van der Waals surface area contributed by atoms with E-state index in [0.29, 0.717) is 10.7 Å². The predicted molar refractivity (Wildman–Crippen MR) is 107 cm³/mol. The highest BCUT2D eigenvalue weighted by Gasteiger charge is 2.33. The molecule has 10 heteroatoms. The zero-order chi connectivity index (χ0) is 21.8. The Hall–Kier alpha value is -2.29. The van der Waals surface area contributed by atoms with Gasteiger partial charge in [-0.2, -0.15) is 13.2 Å². The van der Waals surface area contributed by atoms with Gasteiger partial charge in [0.25, 0.3) is 0 Å². The monoisotopic (exact) mass is 447 g/mol. The molecule has 0 radical (unpaired) electrons. The topological polar surface area (TPSA) is 61.4 Å². The molecule has 2 amide bonds. The molecule has 0 heterocycles. The first kappa shape index (κ1) is 23.0. The predicted octanol–water partition coefficient (Wildman–Crippen LogP) is 4.83. The van der Waals surface area contributed by atoms with E-state index < -0.39 is 22.7 Å². The van der Waals surface area contributed by atoms with Gasteiger partial charge in [0.2, 0.25) is 11.8 Å². The van der Waals surface area contributed by atoms with Crippen LogP contribution < -0.4 is 10.6 Å². The highest BCUT2D eigenvalue weighted by molar-refractivity contribution is 6.32. The van der Waals surface area contributed by atoms with E-state index in [1.807, 2.05) is 6.92 Å². The van der Waals surface area contributed by atoms with Crippen molar-refractivity contribution in [3.8, 4) is 0 Å². The molecular weight excluding hydrogens is 430 g/mol. The lowest BCUT2D eigenvalue weighted by Crippen LogP contribution is -2.36. The van der Waals surface area contributed by atoms with Gasteiger partial charge in [0.15, 0.2) is 0 Å². The van der Waals surface area contributed by atoms with Crippen molar-refractivity contribution in [3.05, 3.63) is 57.6 Å². The third kappa shape index (κ3) is 6.92. The van der Waals surface area contributed by atoms with Crippen molar-refractivity contribution in [1.29, 1.82) is 0 Å². The number of halogens is 5. The van der Waals surface area contributed by atoms with Crippen LogP contribution in [0.4, 0.5) is 24.5 Å². The fourth-order valence-electron chi connectivity index (χ4n) is 2.44. The molecule has 0 unspecified atom stereocenters. The Bertz CT molecular complexity index is 920. The summed E-state index contributed by atoms with van der Waals surface area (Å²) in [6, 6.07) is 8.16. The third-order valence-electron chi connectivity index (χ3n) is 3.84. The molecule has 0 aliphatic heterocycles. The maximum absolute atomic E-state index is 12.9. The van der Waals surface area contributed by atoms with Gasteiger partial charge < -0.3 is 10.6 Å². The zero-order valence-electron chi connectivity index (χ0n) is 15.5. The van der Waals surface area contributed by atoms with Crippen LogP contribution in [0.3, 0.4) is 0 Å². The van der Waals surface area contributed by atoms with E-state index in [2.05, 4.69) is 10.6 Å². The van der Waals surface area contributed by atoms with Crippen LogP contribution in [0.5, 0.6) is 0 Å². The fraction of sp³-hybridized carbons (Fsp3) is 0.263. The molecule has 0 spiro atoms. The summed E-state index contributed by atoms with van der Waals surface area (Å²) in [6.07, 6.45) is -4.63. The molecule has 0 fully saturated rings. The molecule has 0 atom stereocenters. The number of carbonyl (C=O) groups excluding carboxylic acids is 2. The highest BCUT2D eigenvalue weighted by atomic mass is 35.5. The molecule has 0 bridgehead atoms. The lowest BCUT2D eigenvalue weighted by atomic mass is 10.2. The Morgan fingerprint density at radius 3 is 1.97 bits per heavy atom. The maximum atomic E-state index is 12.9. The number of benzene rings is 2. The summed E-state index contributed by atoms with van der Waals surface area (Å²) >= 11 is 11.6. The van der Waals surface area contributed by atoms with E-state index >= 15 is 0 Å². The van der Waals surface area contributed by atoms with Crippen LogP contribution >= 0.6 is 23.2 Å². The SMILES string of the molecule is Cc1ccc(NC(=O)CN(C)CC(=O)Nc2ccc(Cl)c(C(F)(F)F)c2)cc1Cl. The first-order valence-corrected chi connectivity index (χ1v) is 9.12. The Morgan fingerprint density at radius 2 is 1.45 bits per heavy atom. The molecule has 2 N–H and O–H groups in total. The Kier molecular flexibility index (Phi) is 7.51. The van der Waals surface area contributed by atoms with Crippen LogP contribution in [0.25, 0.3) is 0 Å². The van der Waals surface area contributed by atoms with Gasteiger partial charge in [-0.25, -0.2) is 0 Å². The van der Waals surface area contributed by atoms with E-state index in [9.17, 15) is 22.8 Å². The molecule has 0 saturated carbocycles. The number of alkyl halides is 3. The second-order valence-electron chi connectivity index (χ2n) is 6.42. The third-order valence-corrected chi connectivity index (χ3v) is 4.57. The summed E-state index contributed by atoms with van der Waals surface area (Å²) in [5.41, 5.74) is 0.305. The van der Waals surface area contributed by atoms with Crippen LogP contribution in [-0.2, 0) is 15.8 Å². The fourth-order valence-corrected chi connectivity index (χ4v) is 2.84. The standard InChI is InChI=1S/C19H18Cl2F3N3O2/c1-11-3-4-13(8-16(11)21)26-18(29)10-27(2)9-17(28)25-12-5-6-15(20)14(7-12)19(22,23)24/h3-8H,9-10H2,1-2H3,(H,25,28)(H,26,29). The lowest BCUT2D eigenvalue weighted by molar-refractivity contribution is -0.137. The van der Waals surface area contributed by atoms with Crippen molar-refractivity contribution in [2.45, 2.75) is 13.1 Å². The van der Waals surface area contributed by atoms with Crippen LogP contribution in [0.1, 0.15) is 11.1 Å². The summed E-state index contributed by atoms with van der Waals surface area (Å²) in [5.74, 6) is -0.944. The van der Waals surface area contributed by atoms with Gasteiger partial charge in [0.05, 0.1) is 23.7 Å². The molecule has 0 aliphatic carbocycles. The summed E-state index contributed by atoms with van der Waals surface area (Å²) in [4.78, 5) is 25.6. The largest absolute Gasteiger partial charge is 0.417 e. The minimum atomic E-state index is -4.63. The molecule has 5 nitrogen and oxygen atoms in total. The summed E-state index contributed by atoms with van der Waals surface area (Å²) in [7, 11) is 1.53. The maximum Gasteiger partial charge on any atom is 0.417 e. The number of anilines is 2. The van der Waals surface area contributed by atoms with Crippen molar-refractivity contribution in [2.24, 2.45) is 0 Å². The number of likely N-dealkylation sites (N-methyl/N-ethyl adjacent to an activating group) is 1. The Labute approximate surface area is 175 Å². The normalized spacial score (nSPS) is 11.4. The Balaban J connectivity index is 1.90. The molecule has 2 aromatic rings. The second kappa shape index (κ2) is 9.47. The van der Waals surface area contributed by atoms with Gasteiger partial charge >= 0.3 is 6.18 Å². The van der Waals surface area contributed by atoms with Gasteiger partial charge in [-0.3, -0.25) is 14.5 Å². The minimum Gasteiger partial charge on any atom is -0.325 e. The molecule has 2 aromatic carbocycles. The van der Waals surface area contributed by atoms with Gasteiger partial charge in [-0.1, -0.05) is 29.3 Å². The number of nitrogens with one attached hydrogen (secondary N) is 2. The first-order valence-electron chi connectivity index (χ1n) is 8.37. The highest BCUT2D eigenvalue weighted by Crippen LogP contribution is 2.36. The summed E-state index contributed by atoms with van der Waals surface area (Å²) in [5, 5.41) is 5.07. The smallest absolute Gasteiger partial charge is 0.325 e. The second-order valence-corrected chi connectivity index (χ2v) is 7.24. The number of carbonyl (C=O) groups is 2. The number of nitrogens with zero attached hydrogens (tertiary/aromatic N) is 1. The quantitative estimate of drug-likeness (QED) is 0.666. The number of rotatable bonds is 6. The van der Waals surface area contributed by atoms with E-state index in [1.165, 1.54) is 18.0 Å². The zero-order valence-corrected chi connectivity index (χ0v) is 17.0. The minimum absolute atomic E-state index is 0.0427. The van der Waals surface area contributed by atoms with Gasteiger partial charge in [-0.05, 0) is 49.9 Å². The average Bonchev–Trinajstić information content (AvgIpc) is 2.58. The molecule has 2 rings (SSSR count). The van der Waals surface area contributed by atoms with E-state index in [1.54, 1.807) is 18.2 Å². The number of amides is 2. The van der Waals surface area contributed by atoms with Crippen LogP contribution in [0.2, 0.25) is 10.0 Å². The van der Waals surface area contributed by atoms with Crippen molar-refractivity contribution in [1.82, 2.24) is 4.90 Å². The molecular formula is C19H18Cl2F3N3O2. The lowest BCUT2D eigenvalue weighted by Gasteiger charge is -2.17. The molecule has 29 heavy (non-hydrogen) atoms. The first-order chi connectivity index (χ1) is 13.5. The Morgan fingerprint density at radius 1 is 0.931 bits per heavy atom. The van der Waals surface area contributed by atoms with Crippen molar-refractivity contribution < 1.29 is 22.8 Å². The van der Waals surface area contributed by atoms with E-state index in [0.717, 1.165) is 17.7 Å². The van der Waals surface area contributed by atoms with Gasteiger partial charge in [-0.15, -0.1) is 0 Å². The van der Waals surface area contributed by atoms with E-state index in [4.69, 9.17) is 23.2 Å². The van der Waals surface area contributed by atoms with E-state index in [-0.39, 0.29) is 24.7 Å². The summed E-state index contributed by atoms with van der Waals surface area (Å²) < 4.78 is 38.7. The molecule has 0 aromatic heterocycles. The van der Waals surface area contributed by atoms with Crippen LogP contribution in [-0.4, -0.2) is 36.9 Å². The average molecular weight is 448 g/mol. The summed E-state index contributed by atoms with van der Waals surface area (Å²) in [6.45, 7) is 1.53. The molecule has 156 valence electrons. The van der Waals surface area contributed by atoms with Gasteiger partial charge in [0, 0.05) is 16.4 Å². The molecule has 0 saturated heterocycles. The van der Waals surface area contributed by atoms with Crippen LogP contribution in [0, 0.1) is 6.92 Å². The number of hydrogen-bond acceptors (Lipinski definition) is 3. The number of hydrogen-bond donors (Lipinski definition) is 2. The van der Waals surface area contributed by atoms with Crippen molar-refractivity contribution >= 4 is 46.4 Å². The van der Waals surface area contributed by atoms with Crippen molar-refractivity contribution in [3.63, 3.8) is 0 Å². The van der Waals surface area contributed by atoms with Gasteiger partial charge in [0.1, 0.15) is 0 Å².